The number of pyridine rings is 1. The molecule has 7 nitrogen and oxygen atoms in total. The predicted octanol–water partition coefficient (Wildman–Crippen LogP) is 1.86. The van der Waals surface area contributed by atoms with Crippen LogP contribution in [0.15, 0.2) is 36.9 Å². The molecule has 0 saturated carbocycles. The lowest BCUT2D eigenvalue weighted by molar-refractivity contribution is -0.141. The third-order valence-corrected chi connectivity index (χ3v) is 2.49. The molecule has 2 heterocycles. The Balaban J connectivity index is 0.00000220. The molecule has 2 aromatic heterocycles. The highest BCUT2D eigenvalue weighted by atomic mass is 35.5. The van der Waals surface area contributed by atoms with Crippen molar-refractivity contribution in [2.24, 2.45) is 0 Å². The van der Waals surface area contributed by atoms with Crippen molar-refractivity contribution in [1.82, 2.24) is 15.0 Å². The van der Waals surface area contributed by atoms with Crippen molar-refractivity contribution in [3.05, 3.63) is 42.6 Å². The number of H-pyrrole nitrogens is 1. The number of carbonyl (C=O) groups excluding carboxylic acids is 2. The Labute approximate surface area is 139 Å². The first kappa shape index (κ1) is 19.9. The van der Waals surface area contributed by atoms with Crippen LogP contribution < -0.4 is 4.90 Å². The summed E-state index contributed by atoms with van der Waals surface area (Å²) in [6, 6.07) is 5.11. The summed E-state index contributed by atoms with van der Waals surface area (Å²) in [6.45, 7) is 1.76. The second-order valence-corrected chi connectivity index (χ2v) is 3.85. The van der Waals surface area contributed by atoms with E-state index in [1.807, 2.05) is 0 Å². The average molecular weight is 347 g/mol. The molecule has 0 unspecified atom stereocenters. The van der Waals surface area contributed by atoms with Gasteiger partial charge in [0.2, 0.25) is 0 Å². The Morgan fingerprint density at radius 2 is 2.09 bits per heavy atom. The highest BCUT2D eigenvalue weighted by Gasteiger charge is 2.23. The fourth-order valence-corrected chi connectivity index (χ4v) is 1.62. The van der Waals surface area contributed by atoms with Crippen LogP contribution in [0, 0.1) is 0 Å². The lowest BCUT2D eigenvalue weighted by Gasteiger charge is -2.19. The number of nitrogens with zero attached hydrogens (tertiary/aromatic N) is 3. The zero-order valence-corrected chi connectivity index (χ0v) is 13.4. The summed E-state index contributed by atoms with van der Waals surface area (Å²) >= 11 is 0. The Morgan fingerprint density at radius 1 is 1.32 bits per heavy atom. The van der Waals surface area contributed by atoms with Crippen molar-refractivity contribution >= 4 is 42.5 Å². The van der Waals surface area contributed by atoms with Crippen molar-refractivity contribution in [3.63, 3.8) is 0 Å². The van der Waals surface area contributed by atoms with Gasteiger partial charge < -0.3 is 9.72 Å². The number of rotatable bonds is 5. The number of imidazole rings is 1. The van der Waals surface area contributed by atoms with Gasteiger partial charge >= 0.3 is 5.97 Å². The normalized spacial score (nSPS) is 9.14. The van der Waals surface area contributed by atoms with Gasteiger partial charge in [-0.1, -0.05) is 6.07 Å². The Kier molecular flexibility index (Phi) is 8.81. The minimum atomic E-state index is -0.494. The van der Waals surface area contributed by atoms with Crippen LogP contribution in [0.4, 0.5) is 5.82 Å². The van der Waals surface area contributed by atoms with Crippen LogP contribution in [0.5, 0.6) is 0 Å². The third kappa shape index (κ3) is 5.01. The van der Waals surface area contributed by atoms with E-state index in [0.717, 1.165) is 0 Å². The molecular formula is C13H16Cl2N4O3. The lowest BCUT2D eigenvalue weighted by Crippen LogP contribution is -2.37. The molecule has 9 heteroatoms. The second-order valence-electron chi connectivity index (χ2n) is 3.85. The van der Waals surface area contributed by atoms with Gasteiger partial charge in [0.25, 0.3) is 5.91 Å². The van der Waals surface area contributed by atoms with E-state index in [9.17, 15) is 9.59 Å². The molecule has 0 saturated heterocycles. The van der Waals surface area contributed by atoms with Crippen LogP contribution in [-0.2, 0) is 9.53 Å². The van der Waals surface area contributed by atoms with Gasteiger partial charge in [0, 0.05) is 6.20 Å². The number of carbonyl (C=O) groups is 2. The summed E-state index contributed by atoms with van der Waals surface area (Å²) < 4.78 is 4.87. The van der Waals surface area contributed by atoms with Gasteiger partial charge in [0.05, 0.1) is 19.1 Å². The van der Waals surface area contributed by atoms with Crippen LogP contribution in [0.25, 0.3) is 0 Å². The summed E-state index contributed by atoms with van der Waals surface area (Å²) in [6.07, 6.45) is 4.34. The molecule has 0 aliphatic rings. The van der Waals surface area contributed by atoms with Crippen molar-refractivity contribution in [2.75, 3.05) is 18.1 Å². The van der Waals surface area contributed by atoms with E-state index < -0.39 is 11.9 Å². The van der Waals surface area contributed by atoms with Gasteiger partial charge in [0.15, 0.2) is 0 Å². The van der Waals surface area contributed by atoms with Gasteiger partial charge in [-0.15, -0.1) is 24.8 Å². The molecule has 0 bridgehead atoms. The first-order chi connectivity index (χ1) is 9.72. The summed E-state index contributed by atoms with van der Waals surface area (Å²) in [4.78, 5) is 35.8. The fraction of sp³-hybridized carbons (Fsp3) is 0.231. The zero-order chi connectivity index (χ0) is 14.4. The van der Waals surface area contributed by atoms with Crippen LogP contribution in [0.2, 0.25) is 0 Å². The average Bonchev–Trinajstić information content (AvgIpc) is 2.99. The maximum absolute atomic E-state index is 12.4. The summed E-state index contributed by atoms with van der Waals surface area (Å²) in [7, 11) is 0. The molecule has 0 fully saturated rings. The molecule has 120 valence electrons. The number of amides is 1. The maximum atomic E-state index is 12.4. The van der Waals surface area contributed by atoms with Crippen LogP contribution >= 0.6 is 24.8 Å². The molecule has 0 spiro atoms. The largest absolute Gasteiger partial charge is 0.465 e. The summed E-state index contributed by atoms with van der Waals surface area (Å²) in [5.41, 5.74) is 0.278. The highest BCUT2D eigenvalue weighted by molar-refractivity contribution is 6.06. The van der Waals surface area contributed by atoms with E-state index in [0.29, 0.717) is 5.82 Å². The highest BCUT2D eigenvalue weighted by Crippen LogP contribution is 2.12. The number of esters is 1. The van der Waals surface area contributed by atoms with Crippen molar-refractivity contribution in [2.45, 2.75) is 6.92 Å². The van der Waals surface area contributed by atoms with E-state index in [1.54, 1.807) is 31.3 Å². The summed E-state index contributed by atoms with van der Waals surface area (Å²) in [5, 5.41) is 0. The van der Waals surface area contributed by atoms with Crippen LogP contribution in [-0.4, -0.2) is 40.0 Å². The van der Waals surface area contributed by atoms with E-state index in [1.165, 1.54) is 17.4 Å². The van der Waals surface area contributed by atoms with Gasteiger partial charge in [-0.3, -0.25) is 14.5 Å². The molecule has 0 aliphatic carbocycles. The van der Waals surface area contributed by atoms with E-state index in [2.05, 4.69) is 15.0 Å². The van der Waals surface area contributed by atoms with Crippen LogP contribution in [0.3, 0.4) is 0 Å². The quantitative estimate of drug-likeness (QED) is 0.834. The third-order valence-electron chi connectivity index (χ3n) is 2.49. The molecule has 1 amide bonds. The number of halogens is 2. The van der Waals surface area contributed by atoms with E-state index >= 15 is 0 Å². The smallest absolute Gasteiger partial charge is 0.326 e. The van der Waals surface area contributed by atoms with Gasteiger partial charge in [-0.05, 0) is 19.1 Å². The fourth-order valence-electron chi connectivity index (χ4n) is 1.62. The van der Waals surface area contributed by atoms with Crippen LogP contribution in [0.1, 0.15) is 17.4 Å². The molecule has 2 aromatic rings. The Bertz CT molecular complexity index is 578. The van der Waals surface area contributed by atoms with E-state index in [-0.39, 0.29) is 43.7 Å². The molecule has 1 N–H and O–H groups in total. The van der Waals surface area contributed by atoms with Gasteiger partial charge in [-0.25, -0.2) is 9.97 Å². The molecule has 0 radical (unpaired) electrons. The van der Waals surface area contributed by atoms with Gasteiger partial charge in [-0.2, -0.15) is 0 Å². The molecule has 2 rings (SSSR count). The van der Waals surface area contributed by atoms with Crippen molar-refractivity contribution in [3.8, 4) is 0 Å². The minimum Gasteiger partial charge on any atom is -0.465 e. The number of aromatic nitrogens is 3. The SMILES string of the molecule is CCOC(=O)CN(C(=O)c1cnc[nH]1)c1ccccn1.Cl.Cl. The first-order valence-corrected chi connectivity index (χ1v) is 6.09. The topological polar surface area (TPSA) is 88.2 Å². The minimum absolute atomic E-state index is 0. The molecule has 0 atom stereocenters. The number of hydrogen-bond acceptors (Lipinski definition) is 5. The predicted molar refractivity (Wildman–Crippen MR) is 85.6 cm³/mol. The molecule has 0 aromatic carbocycles. The zero-order valence-electron chi connectivity index (χ0n) is 11.8. The standard InChI is InChI=1S/C13H14N4O3.2ClH/c1-2-20-12(18)8-17(11-5-3-4-6-15-11)13(19)10-7-14-9-16-10;;/h3-7,9H,2,8H2,1H3,(H,14,16);2*1H. The molecule has 0 aliphatic heterocycles. The number of ether oxygens (including phenoxy) is 1. The van der Waals surface area contributed by atoms with E-state index in [4.69, 9.17) is 4.74 Å². The van der Waals surface area contributed by atoms with Crippen molar-refractivity contribution in [1.29, 1.82) is 0 Å². The number of anilines is 1. The maximum Gasteiger partial charge on any atom is 0.326 e. The number of nitrogens with one attached hydrogen (secondary N) is 1. The monoisotopic (exact) mass is 346 g/mol. The lowest BCUT2D eigenvalue weighted by atomic mass is 10.3. The number of aromatic amines is 1. The second kappa shape index (κ2) is 9.75. The Morgan fingerprint density at radius 3 is 2.64 bits per heavy atom. The van der Waals surface area contributed by atoms with Gasteiger partial charge in [0.1, 0.15) is 18.1 Å². The summed E-state index contributed by atoms with van der Waals surface area (Å²) in [5.74, 6) is -0.513. The molecule has 22 heavy (non-hydrogen) atoms. The first-order valence-electron chi connectivity index (χ1n) is 6.09. The van der Waals surface area contributed by atoms with Crippen molar-refractivity contribution < 1.29 is 14.3 Å². The Hall–Kier alpha value is -2.12. The molecular weight excluding hydrogens is 331 g/mol. The number of hydrogen-bond donors (Lipinski definition) is 1.